The van der Waals surface area contributed by atoms with Gasteiger partial charge in [0.15, 0.2) is 0 Å². The fourth-order valence-electron chi connectivity index (χ4n) is 8.82. The van der Waals surface area contributed by atoms with E-state index in [0.717, 1.165) is 83.8 Å². The Morgan fingerprint density at radius 1 is 0.684 bits per heavy atom. The highest BCUT2D eigenvalue weighted by molar-refractivity contribution is 5.87. The lowest BCUT2D eigenvalue weighted by Gasteiger charge is -2.30. The van der Waals surface area contributed by atoms with E-state index in [1.54, 1.807) is 0 Å². The van der Waals surface area contributed by atoms with Crippen molar-refractivity contribution in [3.63, 3.8) is 0 Å². The van der Waals surface area contributed by atoms with Gasteiger partial charge >= 0.3 is 12.2 Å². The summed E-state index contributed by atoms with van der Waals surface area (Å²) in [6, 6.07) is 14.5. The van der Waals surface area contributed by atoms with Crippen LogP contribution in [0.3, 0.4) is 0 Å². The lowest BCUT2D eigenvalue weighted by molar-refractivity contribution is -0.136. The molecule has 2 aliphatic heterocycles. The molecule has 4 fully saturated rings. The summed E-state index contributed by atoms with van der Waals surface area (Å²) in [5, 5.41) is 14.6. The van der Waals surface area contributed by atoms with Crippen molar-refractivity contribution in [1.29, 1.82) is 0 Å². The molecule has 4 aromatic rings. The summed E-state index contributed by atoms with van der Waals surface area (Å²) < 4.78 is 4.81. The molecule has 2 saturated heterocycles. The Labute approximate surface area is 332 Å². The van der Waals surface area contributed by atoms with Gasteiger partial charge in [-0.2, -0.15) is 0 Å². The minimum Gasteiger partial charge on any atom is -0.465 e. The number of carboxylic acid groups (broad SMARTS) is 1. The maximum absolute atomic E-state index is 13.8. The number of benzene rings is 2. The summed E-state index contributed by atoms with van der Waals surface area (Å²) in [7, 11) is 1.30. The van der Waals surface area contributed by atoms with Crippen LogP contribution in [0, 0.1) is 22.7 Å². The number of H-pyrrole nitrogens is 2. The Morgan fingerprint density at radius 3 is 1.42 bits per heavy atom. The largest absolute Gasteiger partial charge is 0.465 e. The molecule has 0 bridgehead atoms. The van der Waals surface area contributed by atoms with Gasteiger partial charge in [0.25, 0.3) is 0 Å². The van der Waals surface area contributed by atoms with Gasteiger partial charge in [-0.05, 0) is 72.3 Å². The van der Waals surface area contributed by atoms with E-state index in [1.807, 2.05) is 62.0 Å². The molecule has 2 saturated carbocycles. The molecule has 4 heterocycles. The van der Waals surface area contributed by atoms with E-state index in [1.165, 1.54) is 7.11 Å². The second-order valence-corrected chi connectivity index (χ2v) is 17.4. The molecule has 57 heavy (non-hydrogen) atoms. The van der Waals surface area contributed by atoms with Gasteiger partial charge < -0.3 is 40.2 Å². The van der Waals surface area contributed by atoms with Crippen LogP contribution in [0.25, 0.3) is 33.6 Å². The van der Waals surface area contributed by atoms with Crippen LogP contribution >= 0.6 is 0 Å². The van der Waals surface area contributed by atoms with E-state index in [4.69, 9.17) is 14.7 Å². The van der Waals surface area contributed by atoms with E-state index in [2.05, 4.69) is 57.0 Å². The number of carbonyl (C=O) groups excluding carboxylic acids is 3. The van der Waals surface area contributed by atoms with Gasteiger partial charge in [-0.3, -0.25) is 9.59 Å². The number of imidazole rings is 2. The van der Waals surface area contributed by atoms with Gasteiger partial charge in [0.1, 0.15) is 23.7 Å². The third kappa shape index (κ3) is 7.61. The van der Waals surface area contributed by atoms with Crippen LogP contribution in [-0.4, -0.2) is 91.1 Å². The molecule has 300 valence electrons. The number of aromatic amines is 2. The Morgan fingerprint density at radius 2 is 1.07 bits per heavy atom. The summed E-state index contributed by atoms with van der Waals surface area (Å²) in [6.45, 7) is 8.81. The SMILES string of the molecule is COC(=O)N[C@H](C(=O)N1CC2(CC2)C[C@H]1c1nc(-c2ccc(-c3ccc(-c4c[nH]c([C@@H]5CC6(CC6)CN5C(=O)[C@@H](NC(=O)O)C(C)C)n4)cc3)cc2)c[nH]1)C(C)C. The second-order valence-electron chi connectivity index (χ2n) is 17.4. The number of amides is 4. The molecule has 0 radical (unpaired) electrons. The first-order valence-electron chi connectivity index (χ1n) is 20.0. The molecule has 2 spiro atoms. The number of aromatic nitrogens is 4. The third-order valence-electron chi connectivity index (χ3n) is 12.6. The smallest absolute Gasteiger partial charge is 0.407 e. The maximum Gasteiger partial charge on any atom is 0.407 e. The third-order valence-corrected chi connectivity index (χ3v) is 12.6. The molecule has 2 aromatic carbocycles. The maximum atomic E-state index is 13.8. The quantitative estimate of drug-likeness (QED) is 0.109. The van der Waals surface area contributed by atoms with E-state index < -0.39 is 24.3 Å². The van der Waals surface area contributed by atoms with Gasteiger partial charge in [-0.25, -0.2) is 19.6 Å². The van der Waals surface area contributed by atoms with Crippen molar-refractivity contribution in [2.24, 2.45) is 22.7 Å². The predicted molar refractivity (Wildman–Crippen MR) is 212 cm³/mol. The van der Waals surface area contributed by atoms with Crippen molar-refractivity contribution in [3.05, 3.63) is 72.6 Å². The zero-order valence-electron chi connectivity index (χ0n) is 33.2. The first kappa shape index (κ1) is 38.2. The Kier molecular flexibility index (Phi) is 9.85. The molecule has 4 atom stereocenters. The molecular formula is C43H52N8O6. The Hall–Kier alpha value is -5.66. The van der Waals surface area contributed by atoms with Crippen LogP contribution in [-0.2, 0) is 14.3 Å². The molecule has 8 rings (SSSR count). The van der Waals surface area contributed by atoms with Crippen molar-refractivity contribution in [1.82, 2.24) is 40.4 Å². The Balaban J connectivity index is 0.946. The molecule has 2 aliphatic carbocycles. The second kappa shape index (κ2) is 14.7. The van der Waals surface area contributed by atoms with Crippen LogP contribution in [0.5, 0.6) is 0 Å². The summed E-state index contributed by atoms with van der Waals surface area (Å²) in [5.41, 5.74) is 5.79. The molecule has 14 nitrogen and oxygen atoms in total. The molecule has 4 amide bonds. The predicted octanol–water partition coefficient (Wildman–Crippen LogP) is 6.91. The standard InChI is InChI=1S/C43H52N8O6/c1-24(2)34(48-40(54)55)38(52)50-22-42(14-15-42)18-32(50)36-44-20-30(46-36)28-10-6-26(7-11-28)27-8-12-29(13-9-27)31-21-45-37(47-31)33-19-43(16-17-43)23-51(33)39(53)35(25(3)4)49-41(56)57-5/h6-13,20-21,24-25,32-35,48H,14-19,22-23H2,1-5H3,(H,44,46)(H,45,47)(H,49,56)(H,54,55)/t32-,33-,34-,35-/m0/s1. The lowest BCUT2D eigenvalue weighted by Crippen LogP contribution is -2.51. The number of hydrogen-bond donors (Lipinski definition) is 5. The summed E-state index contributed by atoms with van der Waals surface area (Å²) in [6.07, 6.45) is 7.89. The number of ether oxygens (including phenoxy) is 1. The molecule has 14 heteroatoms. The van der Waals surface area contributed by atoms with Crippen LogP contribution in [0.2, 0.25) is 0 Å². The van der Waals surface area contributed by atoms with Crippen LogP contribution in [0.1, 0.15) is 90.0 Å². The number of hydrogen-bond acceptors (Lipinski definition) is 7. The minimum absolute atomic E-state index is 0.0920. The topological polar surface area (TPSA) is 186 Å². The van der Waals surface area contributed by atoms with Gasteiger partial charge in [0.2, 0.25) is 11.8 Å². The number of rotatable bonds is 11. The fourth-order valence-corrected chi connectivity index (χ4v) is 8.82. The first-order chi connectivity index (χ1) is 27.3. The van der Waals surface area contributed by atoms with E-state index >= 15 is 0 Å². The molecule has 0 unspecified atom stereocenters. The van der Waals surface area contributed by atoms with Crippen LogP contribution in [0.15, 0.2) is 60.9 Å². The molecule has 2 aromatic heterocycles. The van der Waals surface area contributed by atoms with E-state index in [0.29, 0.717) is 13.1 Å². The number of likely N-dealkylation sites (tertiary alicyclic amines) is 2. The fraction of sp³-hybridized carbons (Fsp3) is 0.488. The average molecular weight is 777 g/mol. The average Bonchev–Trinajstić information content (AvgIpc) is 3.77. The number of alkyl carbamates (subject to hydrolysis) is 1. The zero-order valence-corrected chi connectivity index (χ0v) is 33.2. The Bertz CT molecular complexity index is 2150. The van der Waals surface area contributed by atoms with Gasteiger partial charge in [0, 0.05) is 36.6 Å². The zero-order chi connectivity index (χ0) is 40.2. The van der Waals surface area contributed by atoms with E-state index in [9.17, 15) is 24.3 Å². The summed E-state index contributed by atoms with van der Waals surface area (Å²) in [5.74, 6) is 0.858. The van der Waals surface area contributed by atoms with Gasteiger partial charge in [0.05, 0.1) is 30.6 Å². The number of methoxy groups -OCH3 is 1. The normalized spacial score (nSPS) is 21.2. The van der Waals surface area contributed by atoms with E-state index in [-0.39, 0.29) is 46.6 Å². The highest BCUT2D eigenvalue weighted by Crippen LogP contribution is 2.59. The van der Waals surface area contributed by atoms with Crippen molar-refractivity contribution in [2.75, 3.05) is 20.2 Å². The first-order valence-corrected chi connectivity index (χ1v) is 20.0. The lowest BCUT2D eigenvalue weighted by atomic mass is 10.0. The van der Waals surface area contributed by atoms with Gasteiger partial charge in [-0.15, -0.1) is 0 Å². The minimum atomic E-state index is -1.20. The van der Waals surface area contributed by atoms with Crippen LogP contribution < -0.4 is 10.6 Å². The van der Waals surface area contributed by atoms with Gasteiger partial charge in [-0.1, -0.05) is 76.2 Å². The van der Waals surface area contributed by atoms with Crippen molar-refractivity contribution < 1.29 is 29.0 Å². The number of nitrogens with zero attached hydrogens (tertiary/aromatic N) is 4. The summed E-state index contributed by atoms with van der Waals surface area (Å²) in [4.78, 5) is 71.5. The van der Waals surface area contributed by atoms with Crippen LogP contribution in [0.4, 0.5) is 9.59 Å². The highest BCUT2D eigenvalue weighted by atomic mass is 16.5. The molecule has 5 N–H and O–H groups in total. The monoisotopic (exact) mass is 776 g/mol. The number of nitrogens with one attached hydrogen (secondary N) is 4. The van der Waals surface area contributed by atoms with Crippen molar-refractivity contribution in [3.8, 4) is 33.6 Å². The molecule has 4 aliphatic rings. The highest BCUT2D eigenvalue weighted by Gasteiger charge is 2.56. The number of carbonyl (C=O) groups is 4. The molecular weight excluding hydrogens is 725 g/mol. The summed E-state index contributed by atoms with van der Waals surface area (Å²) >= 11 is 0. The van der Waals surface area contributed by atoms with Crippen molar-refractivity contribution in [2.45, 2.75) is 90.4 Å². The van der Waals surface area contributed by atoms with Crippen molar-refractivity contribution >= 4 is 24.0 Å².